The molecule has 16 heteroatoms. The van der Waals surface area contributed by atoms with Crippen molar-refractivity contribution in [2.75, 3.05) is 49.6 Å². The molecule has 0 radical (unpaired) electrons. The lowest BCUT2D eigenvalue weighted by molar-refractivity contribution is -0.155. The lowest BCUT2D eigenvalue weighted by Gasteiger charge is -2.37. The van der Waals surface area contributed by atoms with E-state index in [4.69, 9.17) is 16.3 Å². The first kappa shape index (κ1) is 32.0. The van der Waals surface area contributed by atoms with Gasteiger partial charge < -0.3 is 20.3 Å². The molecule has 2 heterocycles. The molecule has 0 bridgehead atoms. The fourth-order valence-electron chi connectivity index (χ4n) is 4.69. The molecular weight excluding hydrogens is 614 g/mol. The van der Waals surface area contributed by atoms with Crippen LogP contribution in [0, 0.1) is 5.92 Å². The minimum atomic E-state index is -4.98. The number of halogens is 7. The number of nitrogens with zero attached hydrogens (tertiary/aromatic N) is 2. The lowest BCUT2D eigenvalue weighted by Crippen LogP contribution is -2.55. The molecule has 1 aromatic heterocycles. The predicted molar refractivity (Wildman–Crippen MR) is 144 cm³/mol. The third-order valence-electron chi connectivity index (χ3n) is 6.96. The average Bonchev–Trinajstić information content (AvgIpc) is 3.31. The van der Waals surface area contributed by atoms with Crippen molar-refractivity contribution in [2.45, 2.75) is 37.7 Å². The van der Waals surface area contributed by atoms with Gasteiger partial charge in [-0.2, -0.15) is 26.3 Å². The van der Waals surface area contributed by atoms with Gasteiger partial charge in [-0.25, -0.2) is 0 Å². The van der Waals surface area contributed by atoms with Crippen LogP contribution in [0.2, 0.25) is 4.34 Å². The molecule has 8 nitrogen and oxygen atoms in total. The Balaban J connectivity index is 1.62. The highest BCUT2D eigenvalue weighted by Crippen LogP contribution is 2.38. The smallest absolute Gasteiger partial charge is 0.370 e. The Kier molecular flexibility index (Phi) is 10.1. The van der Waals surface area contributed by atoms with E-state index >= 15 is 0 Å². The van der Waals surface area contributed by atoms with Gasteiger partial charge in [-0.05, 0) is 49.1 Å². The van der Waals surface area contributed by atoms with E-state index in [0.29, 0.717) is 23.2 Å². The van der Waals surface area contributed by atoms with Crippen LogP contribution in [0.1, 0.15) is 34.5 Å². The summed E-state index contributed by atoms with van der Waals surface area (Å²) in [6.45, 7) is -2.42. The number of alkyl halides is 6. The molecule has 230 valence electrons. The summed E-state index contributed by atoms with van der Waals surface area (Å²) in [5.74, 6) is -2.54. The number of anilines is 2. The van der Waals surface area contributed by atoms with Crippen LogP contribution in [0.15, 0.2) is 30.3 Å². The quantitative estimate of drug-likeness (QED) is 0.349. The maximum Gasteiger partial charge on any atom is 0.418 e. The second-order valence-electron chi connectivity index (χ2n) is 9.99. The number of amides is 3. The normalized spacial score (nSPS) is 17.2. The fourth-order valence-corrected chi connectivity index (χ4v) is 5.65. The molecule has 0 spiro atoms. The number of hydrogen-bond acceptors (Lipinski definition) is 6. The van der Waals surface area contributed by atoms with Crippen LogP contribution in [0.25, 0.3) is 0 Å². The van der Waals surface area contributed by atoms with Crippen LogP contribution in [0.5, 0.6) is 0 Å². The van der Waals surface area contributed by atoms with Crippen molar-refractivity contribution in [3.05, 3.63) is 45.1 Å². The van der Waals surface area contributed by atoms with Gasteiger partial charge in [0.15, 0.2) is 0 Å². The number of benzene rings is 1. The van der Waals surface area contributed by atoms with E-state index in [2.05, 4.69) is 10.6 Å². The lowest BCUT2D eigenvalue weighted by atomic mass is 9.84. The third-order valence-corrected chi connectivity index (χ3v) is 8.19. The van der Waals surface area contributed by atoms with Gasteiger partial charge in [0, 0.05) is 25.3 Å². The number of morpholine rings is 1. The molecular formula is C26H27ClF6N4O4S. The summed E-state index contributed by atoms with van der Waals surface area (Å²) in [7, 11) is 0. The van der Waals surface area contributed by atoms with Crippen LogP contribution in [0.3, 0.4) is 0 Å². The van der Waals surface area contributed by atoms with Gasteiger partial charge in [-0.1, -0.05) is 18.0 Å². The zero-order valence-electron chi connectivity index (χ0n) is 22.0. The largest absolute Gasteiger partial charge is 0.418 e. The molecule has 1 saturated heterocycles. The Labute approximate surface area is 245 Å². The Morgan fingerprint density at radius 2 is 1.88 bits per heavy atom. The molecule has 2 fully saturated rings. The van der Waals surface area contributed by atoms with Crippen LogP contribution in [-0.2, 0) is 20.5 Å². The van der Waals surface area contributed by atoms with Crippen molar-refractivity contribution < 1.29 is 45.5 Å². The highest BCUT2D eigenvalue weighted by Gasteiger charge is 2.40. The van der Waals surface area contributed by atoms with E-state index in [0.717, 1.165) is 33.6 Å². The van der Waals surface area contributed by atoms with Crippen molar-refractivity contribution in [3.63, 3.8) is 0 Å². The number of rotatable bonds is 10. The van der Waals surface area contributed by atoms with E-state index in [1.165, 1.54) is 18.2 Å². The van der Waals surface area contributed by atoms with E-state index < -0.39 is 60.5 Å². The van der Waals surface area contributed by atoms with E-state index in [9.17, 15) is 40.7 Å². The van der Waals surface area contributed by atoms with Gasteiger partial charge in [0.1, 0.15) is 12.6 Å². The Morgan fingerprint density at radius 3 is 2.45 bits per heavy atom. The first-order valence-electron chi connectivity index (χ1n) is 13.0. The molecule has 2 N–H and O–H groups in total. The molecule has 1 aliphatic heterocycles. The number of thiophene rings is 1. The van der Waals surface area contributed by atoms with Crippen molar-refractivity contribution in [2.24, 2.45) is 5.92 Å². The van der Waals surface area contributed by atoms with E-state index in [1.54, 1.807) is 0 Å². The maximum absolute atomic E-state index is 14.1. The Morgan fingerprint density at radius 1 is 1.14 bits per heavy atom. The Bertz CT molecular complexity index is 1300. The minimum absolute atomic E-state index is 0.0205. The number of carbonyl (C=O) groups excluding carboxylic acids is 3. The standard InChI is InChI=1S/C26H27ClF6N4O4S/c27-21-7-6-20(42-21)24(40)34-11-19(36(14-25(28,29)30)12-15-2-1-3-15)23(39)35-18-5-4-16(10-17(18)26(31,32)33)37-8-9-41-13-22(37)38/h4-7,10,15,19H,1-3,8-9,11-14H2,(H,34,40)(H,35,39)/t19-/m1/s1. The van der Waals surface area contributed by atoms with Crippen molar-refractivity contribution in [3.8, 4) is 0 Å². The molecule has 0 unspecified atom stereocenters. The fraction of sp³-hybridized carbons (Fsp3) is 0.500. The highest BCUT2D eigenvalue weighted by atomic mass is 35.5. The molecule has 1 aliphatic carbocycles. The number of carbonyl (C=O) groups is 3. The second kappa shape index (κ2) is 13.2. The van der Waals surface area contributed by atoms with Crippen molar-refractivity contribution in [1.82, 2.24) is 10.2 Å². The molecule has 1 atom stereocenters. The van der Waals surface area contributed by atoms with E-state index in [-0.39, 0.29) is 42.8 Å². The molecule has 2 aromatic rings. The average molecular weight is 641 g/mol. The summed E-state index contributed by atoms with van der Waals surface area (Å²) >= 11 is 6.77. The van der Waals surface area contributed by atoms with Crippen molar-refractivity contribution >= 4 is 52.0 Å². The molecule has 42 heavy (non-hydrogen) atoms. The summed E-state index contributed by atoms with van der Waals surface area (Å²) < 4.78 is 88.4. The highest BCUT2D eigenvalue weighted by molar-refractivity contribution is 7.18. The van der Waals surface area contributed by atoms with Crippen molar-refractivity contribution in [1.29, 1.82) is 0 Å². The maximum atomic E-state index is 14.1. The SMILES string of the molecule is O=C(NC[C@H](C(=O)Nc1ccc(N2CCOCC2=O)cc1C(F)(F)F)N(CC1CCC1)CC(F)(F)F)c1ccc(Cl)s1. The van der Waals surface area contributed by atoms with Crippen LogP contribution >= 0.6 is 22.9 Å². The Hall–Kier alpha value is -2.88. The molecule has 3 amide bonds. The third kappa shape index (κ3) is 8.36. The second-order valence-corrected chi connectivity index (χ2v) is 11.7. The van der Waals surface area contributed by atoms with Crippen LogP contribution in [0.4, 0.5) is 37.7 Å². The molecule has 1 aromatic carbocycles. The van der Waals surface area contributed by atoms with Gasteiger partial charge in [0.2, 0.25) is 5.91 Å². The number of ether oxygens (including phenoxy) is 1. The predicted octanol–water partition coefficient (Wildman–Crippen LogP) is 5.19. The summed E-state index contributed by atoms with van der Waals surface area (Å²) in [6.07, 6.45) is -7.61. The number of nitrogens with one attached hydrogen (secondary N) is 2. The zero-order valence-corrected chi connectivity index (χ0v) is 23.6. The van der Waals surface area contributed by atoms with Gasteiger partial charge >= 0.3 is 12.4 Å². The summed E-state index contributed by atoms with van der Waals surface area (Å²) in [5, 5.41) is 4.56. The van der Waals surface area contributed by atoms with Crippen LogP contribution < -0.4 is 15.5 Å². The van der Waals surface area contributed by atoms with Gasteiger partial charge in [0.25, 0.3) is 11.8 Å². The molecule has 2 aliphatic rings. The monoisotopic (exact) mass is 640 g/mol. The topological polar surface area (TPSA) is 91.0 Å². The summed E-state index contributed by atoms with van der Waals surface area (Å²) in [4.78, 5) is 40.3. The van der Waals surface area contributed by atoms with Gasteiger partial charge in [0.05, 0.1) is 33.6 Å². The van der Waals surface area contributed by atoms with Gasteiger partial charge in [-0.15, -0.1) is 11.3 Å². The van der Waals surface area contributed by atoms with Gasteiger partial charge in [-0.3, -0.25) is 19.3 Å². The number of hydrogen-bond donors (Lipinski definition) is 2. The minimum Gasteiger partial charge on any atom is -0.370 e. The first-order chi connectivity index (χ1) is 19.7. The summed E-state index contributed by atoms with van der Waals surface area (Å²) in [6, 6.07) is 4.03. The molecule has 1 saturated carbocycles. The molecule has 4 rings (SSSR count). The summed E-state index contributed by atoms with van der Waals surface area (Å²) in [5.41, 5.74) is -2.06. The first-order valence-corrected chi connectivity index (χ1v) is 14.2. The van der Waals surface area contributed by atoms with E-state index in [1.807, 2.05) is 0 Å². The van der Waals surface area contributed by atoms with Crippen LogP contribution in [-0.4, -0.2) is 74.2 Å². The zero-order chi connectivity index (χ0) is 30.7.